The van der Waals surface area contributed by atoms with Crippen molar-refractivity contribution in [2.45, 2.75) is 129 Å². The second kappa shape index (κ2) is 13.7. The van der Waals surface area contributed by atoms with Crippen molar-refractivity contribution < 1.29 is 14.5 Å². The number of β-amino-alcohol motifs (C(OH)–C–C–N with tert-alkyl or cyclic N) is 1. The van der Waals surface area contributed by atoms with E-state index in [4.69, 9.17) is 32.7 Å². The molecule has 0 aromatic heterocycles. The first-order chi connectivity index (χ1) is 18.4. The third-order valence-corrected chi connectivity index (χ3v) is 12.7. The molecule has 0 spiro atoms. The summed E-state index contributed by atoms with van der Waals surface area (Å²) in [5.74, 6) is 5.70. The van der Waals surface area contributed by atoms with Gasteiger partial charge in [0.15, 0.2) is 0 Å². The van der Waals surface area contributed by atoms with Crippen LogP contribution in [0.5, 0.6) is 0 Å². The van der Waals surface area contributed by atoms with Gasteiger partial charge in [-0.1, -0.05) is 65.5 Å². The number of nitrogens with one attached hydrogen (secondary N) is 1. The number of nitrogens with two attached hydrogens (primary N) is 1. The summed E-state index contributed by atoms with van der Waals surface area (Å²) in [6.07, 6.45) is 18.8. The zero-order valence-electron chi connectivity index (χ0n) is 25.4. The van der Waals surface area contributed by atoms with E-state index in [-0.39, 0.29) is 12.1 Å². The van der Waals surface area contributed by atoms with Crippen LogP contribution in [-0.2, 0) is 4.52 Å². The number of hydrogen-bond donors (Lipinski definition) is 5. The molecule has 7 heteroatoms. The molecule has 0 amide bonds. The van der Waals surface area contributed by atoms with E-state index in [0.717, 1.165) is 35.5 Å². The lowest BCUT2D eigenvalue weighted by molar-refractivity contribution is -0.0497. The van der Waals surface area contributed by atoms with Crippen LogP contribution >= 0.6 is 21.2 Å². The Labute approximate surface area is 246 Å². The molecule has 11 atom stereocenters. The molecule has 1 saturated heterocycles. The smallest absolute Gasteiger partial charge is 0.250 e. The summed E-state index contributed by atoms with van der Waals surface area (Å²) in [6.45, 7) is 13.7. The quantitative estimate of drug-likeness (QED) is 0.118. The Morgan fingerprint density at radius 3 is 2.56 bits per heavy atom. The van der Waals surface area contributed by atoms with E-state index < -0.39 is 8.53 Å². The van der Waals surface area contributed by atoms with Crippen LogP contribution in [0.1, 0.15) is 112 Å². The molecule has 0 aromatic carbocycles. The highest BCUT2D eigenvalue weighted by Gasteiger charge is 2.58. The molecule has 4 fully saturated rings. The molecule has 4 aliphatic carbocycles. The molecule has 39 heavy (non-hydrogen) atoms. The highest BCUT2D eigenvalue weighted by molar-refractivity contribution is 7.80. The van der Waals surface area contributed by atoms with Crippen molar-refractivity contribution in [1.82, 2.24) is 5.32 Å². The Hall–Kier alpha value is 0.320. The van der Waals surface area contributed by atoms with E-state index in [1.165, 1.54) is 70.6 Å². The standard InChI is InChI=1S/C27H46S.C5H13N2O3P/c1-18(2)7-6-8-19(3)23-11-12-24-22-10-9-20-17-21(28)13-15-26(20,4)25(22)14-16-27(23,24)5;6-11(9)10-3-4-1-5(8)2-7-4/h9,18-19,21-25,28H,6-8,10-17H2,1-5H3;4-5,7-9H,1-3,6H2/t19-,21?,22?,23-,24?,25?,26+,27-;4-,5?,11?/m10/s1. The van der Waals surface area contributed by atoms with Gasteiger partial charge in [0.1, 0.15) is 0 Å². The second-order valence-electron chi connectivity index (χ2n) is 14.8. The lowest BCUT2D eigenvalue weighted by atomic mass is 9.47. The maximum absolute atomic E-state index is 9.06. The summed E-state index contributed by atoms with van der Waals surface area (Å²) >= 11 is 4.84. The number of aliphatic hydroxyl groups is 1. The Morgan fingerprint density at radius 1 is 1.13 bits per heavy atom. The van der Waals surface area contributed by atoms with Gasteiger partial charge in [0, 0.05) is 17.8 Å². The molecule has 1 heterocycles. The van der Waals surface area contributed by atoms with Gasteiger partial charge in [0.25, 0.3) is 0 Å². The van der Waals surface area contributed by atoms with E-state index in [1.54, 1.807) is 5.57 Å². The molecule has 6 unspecified atom stereocenters. The third-order valence-electron chi connectivity index (χ3n) is 11.9. The summed E-state index contributed by atoms with van der Waals surface area (Å²) in [4.78, 5) is 8.61. The van der Waals surface area contributed by atoms with E-state index in [2.05, 4.69) is 46.0 Å². The lowest BCUT2D eigenvalue weighted by Gasteiger charge is -2.58. The summed E-state index contributed by atoms with van der Waals surface area (Å²) in [5, 5.41) is 12.7. The molecule has 0 radical (unpaired) electrons. The van der Waals surface area contributed by atoms with Gasteiger partial charge >= 0.3 is 0 Å². The van der Waals surface area contributed by atoms with Gasteiger partial charge in [0.05, 0.1) is 12.7 Å². The molecule has 1 aliphatic heterocycles. The van der Waals surface area contributed by atoms with E-state index in [1.807, 2.05) is 0 Å². The van der Waals surface area contributed by atoms with Crippen LogP contribution in [0.2, 0.25) is 0 Å². The van der Waals surface area contributed by atoms with Crippen LogP contribution in [0.15, 0.2) is 11.6 Å². The SMILES string of the molecule is CC(C)CCC[C@@H](C)[C@H]1CCC2C3CC=C4CC(S)CC[C@]4(C)C3CC[C@@]21C.NP(O)OC[C@@H]1CC(O)CN1. The first-order valence-corrected chi connectivity index (χ1v) is 17.9. The highest BCUT2D eigenvalue weighted by atomic mass is 32.1. The topological polar surface area (TPSA) is 87.7 Å². The Morgan fingerprint density at radius 2 is 1.90 bits per heavy atom. The molecule has 0 aromatic rings. The van der Waals surface area contributed by atoms with Crippen molar-refractivity contribution in [1.29, 1.82) is 0 Å². The van der Waals surface area contributed by atoms with E-state index in [0.29, 0.717) is 35.7 Å². The van der Waals surface area contributed by atoms with Gasteiger partial charge in [-0.15, -0.1) is 0 Å². The van der Waals surface area contributed by atoms with E-state index >= 15 is 0 Å². The minimum Gasteiger partial charge on any atom is -0.392 e. The molecular formula is C32H59N2O3PS. The minimum atomic E-state index is -1.75. The van der Waals surface area contributed by atoms with Gasteiger partial charge in [-0.05, 0) is 104 Å². The lowest BCUT2D eigenvalue weighted by Crippen LogP contribution is -2.50. The van der Waals surface area contributed by atoms with Crippen LogP contribution in [-0.4, -0.2) is 40.5 Å². The average molecular weight is 583 g/mol. The van der Waals surface area contributed by atoms with Crippen LogP contribution in [0.4, 0.5) is 0 Å². The monoisotopic (exact) mass is 582 g/mol. The molecular weight excluding hydrogens is 523 g/mol. The van der Waals surface area contributed by atoms with Crippen molar-refractivity contribution in [3.05, 3.63) is 11.6 Å². The summed E-state index contributed by atoms with van der Waals surface area (Å²) < 4.78 is 4.80. The summed E-state index contributed by atoms with van der Waals surface area (Å²) in [6, 6.07) is 0.130. The molecule has 5 rings (SSSR count). The third kappa shape index (κ3) is 7.46. The summed E-state index contributed by atoms with van der Waals surface area (Å²) in [7, 11) is -1.75. The van der Waals surface area contributed by atoms with Crippen LogP contribution < -0.4 is 10.8 Å². The van der Waals surface area contributed by atoms with Crippen molar-refractivity contribution in [3.8, 4) is 0 Å². The number of thiol groups is 1. The van der Waals surface area contributed by atoms with Gasteiger partial charge in [-0.3, -0.25) is 5.50 Å². The Bertz CT molecular complexity index is 827. The molecule has 5 N–H and O–H groups in total. The molecule has 226 valence electrons. The maximum Gasteiger partial charge on any atom is 0.250 e. The molecule has 5 nitrogen and oxygen atoms in total. The predicted molar refractivity (Wildman–Crippen MR) is 168 cm³/mol. The largest absolute Gasteiger partial charge is 0.392 e. The van der Waals surface area contributed by atoms with Crippen molar-refractivity contribution in [2.24, 2.45) is 51.8 Å². The van der Waals surface area contributed by atoms with Crippen molar-refractivity contribution in [2.75, 3.05) is 13.2 Å². The zero-order chi connectivity index (χ0) is 28.4. The van der Waals surface area contributed by atoms with Gasteiger partial charge in [0.2, 0.25) is 8.53 Å². The number of rotatable bonds is 8. The number of allylic oxidation sites excluding steroid dienone is 2. The van der Waals surface area contributed by atoms with Crippen molar-refractivity contribution >= 4 is 21.2 Å². The first-order valence-electron chi connectivity index (χ1n) is 16.1. The van der Waals surface area contributed by atoms with Gasteiger partial charge in [-0.25, -0.2) is 0 Å². The van der Waals surface area contributed by atoms with Gasteiger partial charge in [-0.2, -0.15) is 12.6 Å². The van der Waals surface area contributed by atoms with E-state index in [9.17, 15) is 0 Å². The second-order valence-corrected chi connectivity index (χ2v) is 16.4. The predicted octanol–water partition coefficient (Wildman–Crippen LogP) is 7.23. The van der Waals surface area contributed by atoms with Gasteiger partial charge < -0.3 is 19.8 Å². The average Bonchev–Trinajstić information content (AvgIpc) is 3.45. The number of fused-ring (bicyclic) bond motifs is 5. The number of aliphatic hydroxyl groups excluding tert-OH is 1. The normalized spacial score (nSPS) is 43.0. The molecule has 0 bridgehead atoms. The van der Waals surface area contributed by atoms with Crippen molar-refractivity contribution in [3.63, 3.8) is 0 Å². The zero-order valence-corrected chi connectivity index (χ0v) is 27.2. The molecule has 3 saturated carbocycles. The highest BCUT2D eigenvalue weighted by Crippen LogP contribution is 2.67. The van der Waals surface area contributed by atoms with Crippen LogP contribution in [0.3, 0.4) is 0 Å². The fraction of sp³-hybridized carbons (Fsp3) is 0.938. The summed E-state index contributed by atoms with van der Waals surface area (Å²) in [5.41, 5.74) is 7.94. The van der Waals surface area contributed by atoms with Crippen LogP contribution in [0, 0.1) is 46.3 Å². The first kappa shape index (κ1) is 32.2. The maximum atomic E-state index is 9.06. The minimum absolute atomic E-state index is 0.130. The fourth-order valence-electron chi connectivity index (χ4n) is 9.76. The number of hydrogen-bond acceptors (Lipinski definition) is 6. The fourth-order valence-corrected chi connectivity index (χ4v) is 10.4. The molecule has 5 aliphatic rings. The Kier molecular flexibility index (Phi) is 11.4. The Balaban J connectivity index is 0.000000270. The van der Waals surface area contributed by atoms with Crippen LogP contribution in [0.25, 0.3) is 0 Å².